The van der Waals surface area contributed by atoms with Crippen LogP contribution in [0.3, 0.4) is 0 Å². The van der Waals surface area contributed by atoms with Gasteiger partial charge in [0.1, 0.15) is 5.75 Å². The minimum absolute atomic E-state index is 0. The van der Waals surface area contributed by atoms with E-state index >= 15 is 0 Å². The minimum atomic E-state index is -0.279. The van der Waals surface area contributed by atoms with E-state index in [0.717, 1.165) is 36.8 Å². The van der Waals surface area contributed by atoms with E-state index in [9.17, 15) is 4.79 Å². The highest BCUT2D eigenvalue weighted by atomic mass is 127. The van der Waals surface area contributed by atoms with Crippen molar-refractivity contribution in [2.75, 3.05) is 25.5 Å². The van der Waals surface area contributed by atoms with Crippen LogP contribution in [0.1, 0.15) is 28.6 Å². The standard InChI is InChI=1S/C24H28N4O3.HI/c1-3-25-24(26-14-13-18-9-11-21(30-2)12-10-18)27-17-19-6-4-7-20(16-19)28-23(29)22-8-5-15-31-22;/h4-12,15-16H,3,13-14,17H2,1-2H3,(H,28,29)(H2,25,26,27);1H. The number of amides is 1. The van der Waals surface area contributed by atoms with Crippen molar-refractivity contribution in [2.24, 2.45) is 4.99 Å². The van der Waals surface area contributed by atoms with Gasteiger partial charge in [0.2, 0.25) is 0 Å². The lowest BCUT2D eigenvalue weighted by atomic mass is 10.1. The molecule has 0 bridgehead atoms. The topological polar surface area (TPSA) is 87.9 Å². The molecular formula is C24H29IN4O3. The van der Waals surface area contributed by atoms with E-state index in [2.05, 4.69) is 33.1 Å². The fraction of sp³-hybridized carbons (Fsp3) is 0.250. The Morgan fingerprint density at radius 2 is 1.84 bits per heavy atom. The number of nitrogens with zero attached hydrogens (tertiary/aromatic N) is 1. The molecule has 1 amide bonds. The van der Waals surface area contributed by atoms with E-state index in [0.29, 0.717) is 12.2 Å². The summed E-state index contributed by atoms with van der Waals surface area (Å²) in [6, 6.07) is 19.0. The van der Waals surface area contributed by atoms with Crippen LogP contribution < -0.4 is 20.7 Å². The molecule has 0 unspecified atom stereocenters. The number of carbonyl (C=O) groups excluding carboxylic acids is 1. The predicted octanol–water partition coefficient (Wildman–Crippen LogP) is 4.46. The number of hydrogen-bond acceptors (Lipinski definition) is 4. The normalized spacial score (nSPS) is 10.8. The summed E-state index contributed by atoms with van der Waals surface area (Å²) in [5.74, 6) is 1.60. The first-order chi connectivity index (χ1) is 15.2. The molecule has 2 aromatic carbocycles. The number of carbonyl (C=O) groups is 1. The van der Waals surface area contributed by atoms with Gasteiger partial charge in [-0.05, 0) is 60.9 Å². The van der Waals surface area contributed by atoms with Crippen molar-refractivity contribution in [3.05, 3.63) is 83.8 Å². The molecule has 1 heterocycles. The van der Waals surface area contributed by atoms with Gasteiger partial charge in [-0.1, -0.05) is 24.3 Å². The van der Waals surface area contributed by atoms with Gasteiger partial charge in [0.05, 0.1) is 19.9 Å². The zero-order valence-corrected chi connectivity index (χ0v) is 20.6. The van der Waals surface area contributed by atoms with Crippen molar-refractivity contribution >= 4 is 41.5 Å². The van der Waals surface area contributed by atoms with Gasteiger partial charge in [-0.2, -0.15) is 0 Å². The summed E-state index contributed by atoms with van der Waals surface area (Å²) in [5.41, 5.74) is 2.92. The summed E-state index contributed by atoms with van der Waals surface area (Å²) in [5, 5.41) is 9.46. The van der Waals surface area contributed by atoms with Gasteiger partial charge < -0.3 is 25.1 Å². The van der Waals surface area contributed by atoms with Crippen LogP contribution in [0.4, 0.5) is 5.69 Å². The maximum atomic E-state index is 12.1. The van der Waals surface area contributed by atoms with Crippen LogP contribution >= 0.6 is 24.0 Å². The molecule has 0 spiro atoms. The van der Waals surface area contributed by atoms with Crippen LogP contribution in [-0.4, -0.2) is 32.1 Å². The van der Waals surface area contributed by atoms with E-state index in [1.165, 1.54) is 11.8 Å². The number of benzene rings is 2. The van der Waals surface area contributed by atoms with Gasteiger partial charge >= 0.3 is 0 Å². The van der Waals surface area contributed by atoms with Crippen LogP contribution in [0.15, 0.2) is 76.3 Å². The number of nitrogens with one attached hydrogen (secondary N) is 3. The van der Waals surface area contributed by atoms with E-state index in [4.69, 9.17) is 9.15 Å². The fourth-order valence-corrected chi connectivity index (χ4v) is 2.98. The number of rotatable bonds is 9. The molecule has 8 heteroatoms. The highest BCUT2D eigenvalue weighted by Crippen LogP contribution is 2.14. The Balaban J connectivity index is 0.00000363. The Hall–Kier alpha value is -3.01. The Morgan fingerprint density at radius 1 is 1.03 bits per heavy atom. The molecule has 0 saturated heterocycles. The third-order valence-electron chi connectivity index (χ3n) is 4.56. The first-order valence-corrected chi connectivity index (χ1v) is 10.3. The molecule has 0 radical (unpaired) electrons. The monoisotopic (exact) mass is 548 g/mol. The molecule has 170 valence electrons. The number of ether oxygens (including phenoxy) is 1. The number of guanidine groups is 1. The number of halogens is 1. The molecule has 1 aromatic heterocycles. The van der Waals surface area contributed by atoms with E-state index in [1.54, 1.807) is 19.2 Å². The van der Waals surface area contributed by atoms with Crippen LogP contribution in [0, 0.1) is 0 Å². The van der Waals surface area contributed by atoms with Gasteiger partial charge in [0.15, 0.2) is 11.7 Å². The molecular weight excluding hydrogens is 519 g/mol. The summed E-state index contributed by atoms with van der Waals surface area (Å²) >= 11 is 0. The number of anilines is 1. The number of hydrogen-bond donors (Lipinski definition) is 3. The van der Waals surface area contributed by atoms with E-state index in [1.807, 2.05) is 43.3 Å². The first-order valence-electron chi connectivity index (χ1n) is 10.3. The van der Waals surface area contributed by atoms with E-state index in [-0.39, 0.29) is 35.6 Å². The highest BCUT2D eigenvalue weighted by molar-refractivity contribution is 14.0. The lowest BCUT2D eigenvalue weighted by Crippen LogP contribution is -2.38. The molecule has 0 saturated carbocycles. The zero-order valence-electron chi connectivity index (χ0n) is 18.3. The van der Waals surface area contributed by atoms with Crippen LogP contribution in [-0.2, 0) is 13.0 Å². The van der Waals surface area contributed by atoms with Crippen molar-refractivity contribution in [3.8, 4) is 5.75 Å². The summed E-state index contributed by atoms with van der Waals surface area (Å²) in [7, 11) is 1.67. The smallest absolute Gasteiger partial charge is 0.291 e. The number of furan rings is 1. The average Bonchev–Trinajstić information content (AvgIpc) is 3.33. The summed E-state index contributed by atoms with van der Waals surface area (Å²) in [6.45, 7) is 4.05. The summed E-state index contributed by atoms with van der Waals surface area (Å²) < 4.78 is 10.3. The fourth-order valence-electron chi connectivity index (χ4n) is 2.98. The molecule has 0 atom stereocenters. The molecule has 3 aromatic rings. The Kier molecular flexibility index (Phi) is 10.6. The Bertz CT molecular complexity index is 989. The van der Waals surface area contributed by atoms with Gasteiger partial charge in [0.25, 0.3) is 5.91 Å². The van der Waals surface area contributed by atoms with Crippen molar-refractivity contribution in [2.45, 2.75) is 19.9 Å². The predicted molar refractivity (Wildman–Crippen MR) is 138 cm³/mol. The lowest BCUT2D eigenvalue weighted by molar-refractivity contribution is 0.0996. The molecule has 3 N–H and O–H groups in total. The second-order valence-electron chi connectivity index (χ2n) is 6.85. The van der Waals surface area contributed by atoms with Crippen molar-refractivity contribution < 1.29 is 13.9 Å². The zero-order chi connectivity index (χ0) is 21.9. The quantitative estimate of drug-likeness (QED) is 0.209. The molecule has 32 heavy (non-hydrogen) atoms. The lowest BCUT2D eigenvalue weighted by Gasteiger charge is -2.12. The van der Waals surface area contributed by atoms with Crippen molar-refractivity contribution in [3.63, 3.8) is 0 Å². The van der Waals surface area contributed by atoms with Crippen molar-refractivity contribution in [1.82, 2.24) is 10.6 Å². The van der Waals surface area contributed by atoms with Gasteiger partial charge in [0, 0.05) is 18.8 Å². The molecule has 0 aliphatic carbocycles. The molecule has 0 aliphatic rings. The minimum Gasteiger partial charge on any atom is -0.497 e. The second kappa shape index (κ2) is 13.4. The van der Waals surface area contributed by atoms with Crippen LogP contribution in [0.2, 0.25) is 0 Å². The first kappa shape index (κ1) is 25.3. The largest absolute Gasteiger partial charge is 0.497 e. The molecule has 0 aliphatic heterocycles. The second-order valence-corrected chi connectivity index (χ2v) is 6.85. The third kappa shape index (κ3) is 7.92. The molecule has 3 rings (SSSR count). The van der Waals surface area contributed by atoms with Gasteiger partial charge in [-0.15, -0.1) is 24.0 Å². The van der Waals surface area contributed by atoms with Crippen LogP contribution in [0.25, 0.3) is 0 Å². The van der Waals surface area contributed by atoms with E-state index < -0.39 is 0 Å². The maximum absolute atomic E-state index is 12.1. The third-order valence-corrected chi connectivity index (χ3v) is 4.56. The van der Waals surface area contributed by atoms with Gasteiger partial charge in [-0.3, -0.25) is 4.79 Å². The highest BCUT2D eigenvalue weighted by Gasteiger charge is 2.08. The summed E-state index contributed by atoms with van der Waals surface area (Å²) in [4.78, 5) is 16.8. The molecule has 7 nitrogen and oxygen atoms in total. The number of aliphatic imine (C=N–C) groups is 1. The SMILES string of the molecule is CCNC(=NCc1cccc(NC(=O)c2ccco2)c1)NCCc1ccc(OC)cc1.I. The van der Waals surface area contributed by atoms with Crippen LogP contribution in [0.5, 0.6) is 5.75 Å². The Morgan fingerprint density at radius 3 is 2.53 bits per heavy atom. The summed E-state index contributed by atoms with van der Waals surface area (Å²) in [6.07, 6.45) is 2.35. The maximum Gasteiger partial charge on any atom is 0.291 e. The Labute approximate surface area is 205 Å². The molecule has 0 fully saturated rings. The number of methoxy groups -OCH3 is 1. The van der Waals surface area contributed by atoms with Gasteiger partial charge in [-0.25, -0.2) is 4.99 Å². The van der Waals surface area contributed by atoms with Crippen molar-refractivity contribution in [1.29, 1.82) is 0 Å². The average molecular weight is 548 g/mol.